The number of para-hydroxylation sites is 1. The van der Waals surface area contributed by atoms with Crippen LogP contribution in [0.5, 0.6) is 0 Å². The summed E-state index contributed by atoms with van der Waals surface area (Å²) >= 11 is 0. The Morgan fingerprint density at radius 1 is 0.622 bits per heavy atom. The minimum atomic E-state index is -0.350. The van der Waals surface area contributed by atoms with E-state index in [1.54, 1.807) is 0 Å². The van der Waals surface area contributed by atoms with E-state index < -0.39 is 0 Å². The Bertz CT molecular complexity index is 1680. The third-order valence-corrected chi connectivity index (χ3v) is 8.03. The van der Waals surface area contributed by atoms with Gasteiger partial charge in [0.1, 0.15) is 0 Å². The lowest BCUT2D eigenvalue weighted by atomic mass is 9.70. The van der Waals surface area contributed by atoms with Crippen molar-refractivity contribution < 1.29 is 0 Å². The molecule has 0 saturated heterocycles. The fourth-order valence-corrected chi connectivity index (χ4v) is 6.54. The van der Waals surface area contributed by atoms with E-state index in [1.807, 2.05) is 18.2 Å². The van der Waals surface area contributed by atoms with E-state index in [1.165, 1.54) is 55.6 Å². The van der Waals surface area contributed by atoms with Gasteiger partial charge < -0.3 is 5.32 Å². The van der Waals surface area contributed by atoms with Gasteiger partial charge in [-0.3, -0.25) is 0 Å². The number of hydrogen-bond acceptors (Lipinski definition) is 1. The van der Waals surface area contributed by atoms with Crippen LogP contribution in [-0.4, -0.2) is 0 Å². The lowest BCUT2D eigenvalue weighted by Crippen LogP contribution is -2.26. The molecule has 2 aliphatic carbocycles. The molecule has 0 fully saturated rings. The molecule has 0 aliphatic heterocycles. The zero-order valence-corrected chi connectivity index (χ0v) is 20.8. The number of fused-ring (bicyclic) bond motifs is 10. The lowest BCUT2D eigenvalue weighted by molar-refractivity contribution is 0.793. The molecule has 0 amide bonds. The number of anilines is 2. The Labute approximate surface area is 218 Å². The van der Waals surface area contributed by atoms with Crippen LogP contribution >= 0.6 is 0 Å². The van der Waals surface area contributed by atoms with Crippen LogP contribution in [0.15, 0.2) is 128 Å². The molecule has 5 aromatic carbocycles. The highest BCUT2D eigenvalue weighted by atomic mass is 14.9. The summed E-state index contributed by atoms with van der Waals surface area (Å²) in [7, 11) is 0. The molecule has 5 aromatic rings. The highest BCUT2D eigenvalue weighted by Crippen LogP contribution is 2.63. The van der Waals surface area contributed by atoms with Crippen molar-refractivity contribution in [3.05, 3.63) is 161 Å². The molecule has 0 heterocycles. The summed E-state index contributed by atoms with van der Waals surface area (Å²) < 4.78 is 0. The molecule has 0 saturated carbocycles. The van der Waals surface area contributed by atoms with Crippen LogP contribution in [0.25, 0.3) is 28.3 Å². The molecule has 7 rings (SSSR count). The maximum absolute atomic E-state index is 3.87. The molecule has 0 bridgehead atoms. The monoisotopic (exact) mass is 473 g/mol. The van der Waals surface area contributed by atoms with E-state index in [2.05, 4.69) is 128 Å². The van der Waals surface area contributed by atoms with Crippen LogP contribution in [-0.2, 0) is 5.41 Å². The van der Waals surface area contributed by atoms with E-state index in [9.17, 15) is 0 Å². The Balaban J connectivity index is 1.57. The van der Waals surface area contributed by atoms with Crippen LogP contribution in [0, 0.1) is 6.92 Å². The van der Waals surface area contributed by atoms with Gasteiger partial charge in [0.25, 0.3) is 0 Å². The molecule has 1 nitrogen and oxygen atoms in total. The van der Waals surface area contributed by atoms with E-state index in [4.69, 9.17) is 0 Å². The second-order valence-electron chi connectivity index (χ2n) is 9.89. The third kappa shape index (κ3) is 2.98. The summed E-state index contributed by atoms with van der Waals surface area (Å²) in [6.45, 7) is 6.13. The van der Waals surface area contributed by atoms with Crippen LogP contribution in [0.2, 0.25) is 0 Å². The maximum Gasteiger partial charge on any atom is 0.0726 e. The van der Waals surface area contributed by atoms with Gasteiger partial charge in [-0.1, -0.05) is 110 Å². The molecule has 0 aromatic heterocycles. The molecule has 176 valence electrons. The highest BCUT2D eigenvalue weighted by Gasteiger charge is 2.52. The van der Waals surface area contributed by atoms with Gasteiger partial charge in [-0.2, -0.15) is 0 Å². The van der Waals surface area contributed by atoms with Crippen molar-refractivity contribution in [1.29, 1.82) is 0 Å². The Morgan fingerprint density at radius 3 is 2.00 bits per heavy atom. The van der Waals surface area contributed by atoms with Gasteiger partial charge in [0.15, 0.2) is 0 Å². The first-order valence-corrected chi connectivity index (χ1v) is 12.8. The smallest absolute Gasteiger partial charge is 0.0726 e. The first kappa shape index (κ1) is 21.6. The average molecular weight is 474 g/mol. The summed E-state index contributed by atoms with van der Waals surface area (Å²) in [5.74, 6) is 0. The minimum absolute atomic E-state index is 0.350. The summed E-state index contributed by atoms with van der Waals surface area (Å²) in [5, 5.41) is 3.65. The second-order valence-corrected chi connectivity index (χ2v) is 9.89. The molecule has 1 heteroatoms. The molecular weight excluding hydrogens is 446 g/mol. The Kier molecular flexibility index (Phi) is 4.81. The first-order chi connectivity index (χ1) is 18.2. The molecule has 1 N–H and O–H groups in total. The molecule has 0 atom stereocenters. The molecule has 0 unspecified atom stereocenters. The van der Waals surface area contributed by atoms with Gasteiger partial charge in [-0.05, 0) is 86.8 Å². The van der Waals surface area contributed by atoms with Crippen LogP contribution in [0.4, 0.5) is 11.4 Å². The number of nitrogens with one attached hydrogen (secondary N) is 1. The Hall–Kier alpha value is -4.62. The predicted molar refractivity (Wildman–Crippen MR) is 156 cm³/mol. The molecule has 0 radical (unpaired) electrons. The first-order valence-electron chi connectivity index (χ1n) is 12.8. The van der Waals surface area contributed by atoms with Crippen LogP contribution in [0.1, 0.15) is 33.4 Å². The van der Waals surface area contributed by atoms with Gasteiger partial charge in [0.2, 0.25) is 0 Å². The highest BCUT2D eigenvalue weighted by molar-refractivity contribution is 5.97. The molecule has 37 heavy (non-hydrogen) atoms. The minimum Gasteiger partial charge on any atom is -0.356 e. The van der Waals surface area contributed by atoms with Gasteiger partial charge in [-0.25, -0.2) is 0 Å². The molecule has 2 aliphatic rings. The quantitative estimate of drug-likeness (QED) is 0.251. The van der Waals surface area contributed by atoms with Gasteiger partial charge in [0.05, 0.1) is 5.41 Å². The average Bonchev–Trinajstić information content (AvgIpc) is 3.41. The summed E-state index contributed by atoms with van der Waals surface area (Å²) in [6, 6.07) is 39.8. The largest absolute Gasteiger partial charge is 0.356 e. The van der Waals surface area contributed by atoms with Crippen molar-refractivity contribution in [2.75, 3.05) is 5.32 Å². The van der Waals surface area contributed by atoms with E-state index in [-0.39, 0.29) is 5.41 Å². The SMILES string of the molecule is C=C/C=C\c1ccc2c(c1C)-c1ccc(Nc3ccccc3)cc1C21c2ccccc2-c2ccccc21. The standard InChI is InChI=1S/C36H27N/c1-3-4-12-25-19-22-33-35(24(25)2)30-21-20-27(37-26-13-6-5-7-14-26)23-34(30)36(33)31-17-10-8-15-28(31)29-16-9-11-18-32(29)36/h3-23,37H,1H2,2H3/b12-4-. The van der Waals surface area contributed by atoms with Crippen molar-refractivity contribution in [3.8, 4) is 22.3 Å². The second kappa shape index (κ2) is 8.21. The zero-order chi connectivity index (χ0) is 25.0. The lowest BCUT2D eigenvalue weighted by Gasteiger charge is -2.31. The normalized spacial score (nSPS) is 13.8. The third-order valence-electron chi connectivity index (χ3n) is 8.03. The molecular formula is C36H27N. The number of hydrogen-bond donors (Lipinski definition) is 1. The fraction of sp³-hybridized carbons (Fsp3) is 0.0556. The predicted octanol–water partition coefficient (Wildman–Crippen LogP) is 9.28. The van der Waals surface area contributed by atoms with E-state index >= 15 is 0 Å². The summed E-state index contributed by atoms with van der Waals surface area (Å²) in [5.41, 5.74) is 15.1. The number of allylic oxidation sites excluding steroid dienone is 2. The van der Waals surface area contributed by atoms with Gasteiger partial charge in [0, 0.05) is 11.4 Å². The van der Waals surface area contributed by atoms with Crippen molar-refractivity contribution in [3.63, 3.8) is 0 Å². The van der Waals surface area contributed by atoms with Crippen molar-refractivity contribution in [2.45, 2.75) is 12.3 Å². The van der Waals surface area contributed by atoms with Gasteiger partial charge in [-0.15, -0.1) is 0 Å². The van der Waals surface area contributed by atoms with Crippen molar-refractivity contribution >= 4 is 17.5 Å². The summed E-state index contributed by atoms with van der Waals surface area (Å²) in [4.78, 5) is 0. The summed E-state index contributed by atoms with van der Waals surface area (Å²) in [6.07, 6.45) is 6.02. The van der Waals surface area contributed by atoms with Crippen molar-refractivity contribution in [2.24, 2.45) is 0 Å². The Morgan fingerprint density at radius 2 is 1.30 bits per heavy atom. The van der Waals surface area contributed by atoms with Gasteiger partial charge >= 0.3 is 0 Å². The van der Waals surface area contributed by atoms with Crippen molar-refractivity contribution in [1.82, 2.24) is 0 Å². The topological polar surface area (TPSA) is 12.0 Å². The van der Waals surface area contributed by atoms with Crippen LogP contribution < -0.4 is 5.32 Å². The maximum atomic E-state index is 3.87. The number of rotatable bonds is 4. The van der Waals surface area contributed by atoms with E-state index in [0.717, 1.165) is 11.4 Å². The fourth-order valence-electron chi connectivity index (χ4n) is 6.54. The molecule has 1 spiro atoms. The van der Waals surface area contributed by atoms with Crippen LogP contribution in [0.3, 0.4) is 0 Å². The number of benzene rings is 5. The van der Waals surface area contributed by atoms with E-state index in [0.29, 0.717) is 0 Å². The zero-order valence-electron chi connectivity index (χ0n) is 20.8.